The Bertz CT molecular complexity index is 682. The van der Waals surface area contributed by atoms with Crippen molar-refractivity contribution in [3.63, 3.8) is 0 Å². The van der Waals surface area contributed by atoms with Crippen LogP contribution in [0.4, 0.5) is 9.93 Å². The molecule has 116 valence electrons. The highest BCUT2D eigenvalue weighted by Gasteiger charge is 2.09. The molecule has 2 rings (SSSR count). The zero-order chi connectivity index (χ0) is 16.1. The summed E-state index contributed by atoms with van der Waals surface area (Å²) in [4.78, 5) is 27.9. The van der Waals surface area contributed by atoms with Crippen molar-refractivity contribution < 1.29 is 14.7 Å². The second-order valence-electron chi connectivity index (χ2n) is 5.04. The Kier molecular flexibility index (Phi) is 5.11. The Hall–Kier alpha value is -2.41. The smallest absolute Gasteiger partial charge is 0.335 e. The Morgan fingerprint density at radius 1 is 1.36 bits per heavy atom. The number of carboxylic acids is 1. The van der Waals surface area contributed by atoms with E-state index in [1.54, 1.807) is 18.3 Å². The van der Waals surface area contributed by atoms with Crippen molar-refractivity contribution in [3.8, 4) is 0 Å². The topological polar surface area (TPSA) is 91.3 Å². The van der Waals surface area contributed by atoms with Crippen LogP contribution in [0.2, 0.25) is 0 Å². The fourth-order valence-corrected chi connectivity index (χ4v) is 2.56. The van der Waals surface area contributed by atoms with E-state index in [9.17, 15) is 9.59 Å². The number of hydrogen-bond acceptors (Lipinski definition) is 4. The molecule has 0 bridgehead atoms. The molecular formula is C15H17N3O3S. The first-order valence-corrected chi connectivity index (χ1v) is 7.60. The van der Waals surface area contributed by atoms with Gasteiger partial charge in [0.25, 0.3) is 0 Å². The van der Waals surface area contributed by atoms with E-state index in [0.717, 1.165) is 10.4 Å². The van der Waals surface area contributed by atoms with E-state index in [0.29, 0.717) is 11.0 Å². The van der Waals surface area contributed by atoms with Gasteiger partial charge in [-0.1, -0.05) is 26.0 Å². The normalized spacial score (nSPS) is 10.5. The molecule has 3 N–H and O–H groups in total. The van der Waals surface area contributed by atoms with Gasteiger partial charge < -0.3 is 10.4 Å². The number of carbonyl (C=O) groups excluding carboxylic acids is 1. The third-order valence-electron chi connectivity index (χ3n) is 2.94. The zero-order valence-corrected chi connectivity index (χ0v) is 13.1. The Balaban J connectivity index is 1.89. The van der Waals surface area contributed by atoms with Crippen molar-refractivity contribution in [1.29, 1.82) is 0 Å². The lowest BCUT2D eigenvalue weighted by atomic mass is 10.1. The van der Waals surface area contributed by atoms with Crippen LogP contribution in [0, 0.1) is 0 Å². The third-order valence-corrected chi connectivity index (χ3v) is 4.15. The fourth-order valence-electron chi connectivity index (χ4n) is 1.75. The molecule has 0 aliphatic heterocycles. The fraction of sp³-hybridized carbons (Fsp3) is 0.267. The first-order valence-electron chi connectivity index (χ1n) is 6.78. The summed E-state index contributed by atoms with van der Waals surface area (Å²) in [6, 6.07) is 6.07. The van der Waals surface area contributed by atoms with E-state index < -0.39 is 5.97 Å². The molecule has 0 saturated carbocycles. The summed E-state index contributed by atoms with van der Waals surface area (Å²) < 4.78 is 0. The monoisotopic (exact) mass is 319 g/mol. The van der Waals surface area contributed by atoms with Crippen LogP contribution in [0.1, 0.15) is 40.6 Å². The van der Waals surface area contributed by atoms with Crippen LogP contribution in [0.15, 0.2) is 30.5 Å². The molecule has 6 nitrogen and oxygen atoms in total. The molecule has 1 aromatic carbocycles. The van der Waals surface area contributed by atoms with Gasteiger partial charge in [0.05, 0.1) is 5.56 Å². The van der Waals surface area contributed by atoms with Crippen LogP contribution < -0.4 is 10.6 Å². The molecule has 1 heterocycles. The standard InChI is InChI=1S/C15H17N3O3S/c1-9(2)12-8-17-15(22-12)18-14(21)16-7-10-4-3-5-11(6-10)13(19)20/h3-6,8-9H,7H2,1-2H3,(H,19,20)(H2,16,17,18,21). The minimum absolute atomic E-state index is 0.196. The molecule has 1 aromatic heterocycles. The minimum Gasteiger partial charge on any atom is -0.478 e. The summed E-state index contributed by atoms with van der Waals surface area (Å²) in [5.74, 6) is -0.620. The van der Waals surface area contributed by atoms with Gasteiger partial charge in [0.15, 0.2) is 5.13 Å². The summed E-state index contributed by atoms with van der Waals surface area (Å²) in [5.41, 5.74) is 0.915. The van der Waals surface area contributed by atoms with E-state index in [1.807, 2.05) is 0 Å². The molecule has 2 amide bonds. The van der Waals surface area contributed by atoms with Crippen molar-refractivity contribution in [2.75, 3.05) is 5.32 Å². The zero-order valence-electron chi connectivity index (χ0n) is 12.3. The van der Waals surface area contributed by atoms with Gasteiger partial charge in [-0.05, 0) is 23.6 Å². The number of amides is 2. The number of nitrogens with one attached hydrogen (secondary N) is 2. The molecule has 0 fully saturated rings. The van der Waals surface area contributed by atoms with Crippen molar-refractivity contribution in [2.24, 2.45) is 0 Å². The molecule has 7 heteroatoms. The maximum absolute atomic E-state index is 11.8. The van der Waals surface area contributed by atoms with E-state index in [-0.39, 0.29) is 18.1 Å². The van der Waals surface area contributed by atoms with Gasteiger partial charge in [-0.15, -0.1) is 11.3 Å². The Morgan fingerprint density at radius 2 is 2.14 bits per heavy atom. The molecule has 22 heavy (non-hydrogen) atoms. The lowest BCUT2D eigenvalue weighted by Gasteiger charge is -2.06. The number of urea groups is 1. The van der Waals surface area contributed by atoms with Crippen molar-refractivity contribution >= 4 is 28.5 Å². The van der Waals surface area contributed by atoms with Crippen LogP contribution >= 0.6 is 11.3 Å². The quantitative estimate of drug-likeness (QED) is 0.788. The minimum atomic E-state index is -0.990. The highest BCUT2D eigenvalue weighted by Crippen LogP contribution is 2.24. The molecule has 0 radical (unpaired) electrons. The first kappa shape index (κ1) is 16.0. The molecule has 0 spiro atoms. The number of aromatic nitrogens is 1. The second kappa shape index (κ2) is 7.04. The average Bonchev–Trinajstić information content (AvgIpc) is 2.94. The number of carboxylic acid groups (broad SMARTS) is 1. The lowest BCUT2D eigenvalue weighted by molar-refractivity contribution is 0.0696. The molecule has 2 aromatic rings. The average molecular weight is 319 g/mol. The molecular weight excluding hydrogens is 302 g/mol. The molecule has 0 saturated heterocycles. The molecule has 0 unspecified atom stereocenters. The van der Waals surface area contributed by atoms with E-state index in [4.69, 9.17) is 5.11 Å². The summed E-state index contributed by atoms with van der Waals surface area (Å²) in [7, 11) is 0. The molecule has 0 aliphatic carbocycles. The number of hydrogen-bond donors (Lipinski definition) is 3. The highest BCUT2D eigenvalue weighted by molar-refractivity contribution is 7.15. The van der Waals surface area contributed by atoms with Crippen molar-refractivity contribution in [2.45, 2.75) is 26.3 Å². The predicted molar refractivity (Wildman–Crippen MR) is 85.5 cm³/mol. The lowest BCUT2D eigenvalue weighted by Crippen LogP contribution is -2.28. The van der Waals surface area contributed by atoms with Gasteiger partial charge in [-0.25, -0.2) is 14.6 Å². The number of rotatable bonds is 5. The second-order valence-corrected chi connectivity index (χ2v) is 6.10. The predicted octanol–water partition coefficient (Wildman–Crippen LogP) is 3.29. The first-order chi connectivity index (χ1) is 10.5. The molecule has 0 aliphatic rings. The van der Waals surface area contributed by atoms with E-state index in [2.05, 4.69) is 29.5 Å². The third kappa shape index (κ3) is 4.29. The van der Waals surface area contributed by atoms with Crippen molar-refractivity contribution in [3.05, 3.63) is 46.5 Å². The highest BCUT2D eigenvalue weighted by atomic mass is 32.1. The largest absolute Gasteiger partial charge is 0.478 e. The number of benzene rings is 1. The number of carbonyl (C=O) groups is 2. The van der Waals surface area contributed by atoms with Gasteiger partial charge >= 0.3 is 12.0 Å². The molecule has 0 atom stereocenters. The summed E-state index contributed by atoms with van der Waals surface area (Å²) in [6.07, 6.45) is 1.75. The van der Waals surface area contributed by atoms with Crippen LogP contribution in [0.3, 0.4) is 0 Å². The summed E-state index contributed by atoms with van der Waals surface area (Å²) in [6.45, 7) is 4.37. The van der Waals surface area contributed by atoms with E-state index >= 15 is 0 Å². The number of aromatic carboxylic acids is 1. The number of nitrogens with zero attached hydrogens (tertiary/aromatic N) is 1. The summed E-state index contributed by atoms with van der Waals surface area (Å²) in [5, 5.41) is 14.8. The van der Waals surface area contributed by atoms with Crippen LogP contribution in [-0.2, 0) is 6.54 Å². The van der Waals surface area contributed by atoms with Crippen LogP contribution in [0.5, 0.6) is 0 Å². The van der Waals surface area contributed by atoms with Gasteiger partial charge in [0.1, 0.15) is 0 Å². The SMILES string of the molecule is CC(C)c1cnc(NC(=O)NCc2cccc(C(=O)O)c2)s1. The number of thiazole rings is 1. The van der Waals surface area contributed by atoms with Crippen LogP contribution in [-0.4, -0.2) is 22.1 Å². The maximum atomic E-state index is 11.8. The Labute approximate surface area is 132 Å². The van der Waals surface area contributed by atoms with Gasteiger partial charge in [-0.2, -0.15) is 0 Å². The Morgan fingerprint density at radius 3 is 2.77 bits per heavy atom. The maximum Gasteiger partial charge on any atom is 0.335 e. The van der Waals surface area contributed by atoms with E-state index in [1.165, 1.54) is 23.5 Å². The van der Waals surface area contributed by atoms with Gasteiger partial charge in [0, 0.05) is 17.6 Å². The van der Waals surface area contributed by atoms with Gasteiger partial charge in [0.2, 0.25) is 0 Å². The van der Waals surface area contributed by atoms with Crippen LogP contribution in [0.25, 0.3) is 0 Å². The van der Waals surface area contributed by atoms with Crippen molar-refractivity contribution in [1.82, 2.24) is 10.3 Å². The summed E-state index contributed by atoms with van der Waals surface area (Å²) >= 11 is 1.44. The number of anilines is 1. The van der Waals surface area contributed by atoms with Gasteiger partial charge in [-0.3, -0.25) is 5.32 Å².